The highest BCUT2D eigenvalue weighted by Crippen LogP contribution is 2.15. The molecule has 0 aliphatic carbocycles. The summed E-state index contributed by atoms with van der Waals surface area (Å²) in [5.41, 5.74) is 10.4. The van der Waals surface area contributed by atoms with E-state index in [0.29, 0.717) is 0 Å². The van der Waals surface area contributed by atoms with Crippen LogP contribution in [0.15, 0.2) is 11.4 Å². The quantitative estimate of drug-likeness (QED) is 0.429. The minimum atomic E-state index is -0.834. The van der Waals surface area contributed by atoms with Crippen LogP contribution in [0.1, 0.15) is 6.92 Å². The first kappa shape index (κ1) is 8.38. The molecular weight excluding hydrogens is 162 g/mol. The Morgan fingerprint density at radius 1 is 1.67 bits per heavy atom. The number of rotatable bonds is 1. The number of nitrogens with one attached hydrogen (secondary N) is 1. The maximum atomic E-state index is 10.9. The van der Waals surface area contributed by atoms with Crippen molar-refractivity contribution in [3.05, 3.63) is 11.4 Å². The Labute approximate surface area is 68.5 Å². The third-order valence-corrected chi connectivity index (χ3v) is 1.46. The van der Waals surface area contributed by atoms with Gasteiger partial charge in [-0.2, -0.15) is 0 Å². The maximum Gasteiger partial charge on any atom is 0.357 e. The molecule has 0 saturated carbocycles. The van der Waals surface area contributed by atoms with Gasteiger partial charge < -0.3 is 21.5 Å². The standard InChI is InChI=1S/C6H9N3O3/c1-2-3(7)4(5(10)12-2)9-6(8)11/h2H,7H2,1H3,(H3,8,9,11). The number of ether oxygens (including phenoxy) is 1. The zero-order valence-electron chi connectivity index (χ0n) is 6.46. The third kappa shape index (κ3) is 1.31. The van der Waals surface area contributed by atoms with Crippen molar-refractivity contribution in [1.29, 1.82) is 0 Å². The molecule has 0 bridgehead atoms. The van der Waals surface area contributed by atoms with E-state index in [2.05, 4.69) is 10.1 Å². The van der Waals surface area contributed by atoms with Crippen molar-refractivity contribution in [3.63, 3.8) is 0 Å². The fourth-order valence-corrected chi connectivity index (χ4v) is 0.850. The van der Waals surface area contributed by atoms with Crippen molar-refractivity contribution in [3.8, 4) is 0 Å². The number of carbonyl (C=O) groups is 2. The average molecular weight is 171 g/mol. The van der Waals surface area contributed by atoms with Gasteiger partial charge in [-0.1, -0.05) is 0 Å². The van der Waals surface area contributed by atoms with E-state index in [1.54, 1.807) is 6.92 Å². The molecule has 2 amide bonds. The van der Waals surface area contributed by atoms with Gasteiger partial charge in [0.2, 0.25) is 0 Å². The Balaban J connectivity index is 2.85. The summed E-state index contributed by atoms with van der Waals surface area (Å²) in [6.45, 7) is 1.60. The van der Waals surface area contributed by atoms with E-state index in [1.807, 2.05) is 0 Å². The summed E-state index contributed by atoms with van der Waals surface area (Å²) >= 11 is 0. The number of primary amides is 1. The normalized spacial score (nSPS) is 22.4. The molecule has 5 N–H and O–H groups in total. The molecule has 66 valence electrons. The zero-order valence-corrected chi connectivity index (χ0v) is 6.46. The van der Waals surface area contributed by atoms with Crippen LogP contribution in [0.2, 0.25) is 0 Å². The predicted octanol–water partition coefficient (Wildman–Crippen LogP) is -1.23. The Bertz CT molecular complexity index is 271. The lowest BCUT2D eigenvalue weighted by Gasteiger charge is -2.00. The van der Waals surface area contributed by atoms with E-state index in [4.69, 9.17) is 11.5 Å². The van der Waals surface area contributed by atoms with Crippen molar-refractivity contribution in [2.24, 2.45) is 11.5 Å². The third-order valence-electron chi connectivity index (χ3n) is 1.46. The molecular formula is C6H9N3O3. The van der Waals surface area contributed by atoms with Crippen LogP contribution in [-0.4, -0.2) is 18.1 Å². The summed E-state index contributed by atoms with van der Waals surface area (Å²) in [6, 6.07) is -0.834. The highest BCUT2D eigenvalue weighted by atomic mass is 16.5. The van der Waals surface area contributed by atoms with E-state index in [0.717, 1.165) is 0 Å². The van der Waals surface area contributed by atoms with E-state index < -0.39 is 18.1 Å². The van der Waals surface area contributed by atoms with Crippen LogP contribution in [0.3, 0.4) is 0 Å². The SMILES string of the molecule is CC1OC(=O)C(NC(N)=O)=C1N. The van der Waals surface area contributed by atoms with Crippen LogP contribution in [0, 0.1) is 0 Å². The lowest BCUT2D eigenvalue weighted by atomic mass is 10.3. The summed E-state index contributed by atoms with van der Waals surface area (Å²) in [5.74, 6) is -0.654. The molecule has 6 heteroatoms. The van der Waals surface area contributed by atoms with Crippen LogP contribution < -0.4 is 16.8 Å². The monoisotopic (exact) mass is 171 g/mol. The summed E-state index contributed by atoms with van der Waals surface area (Å²) in [5, 5.41) is 2.09. The molecule has 12 heavy (non-hydrogen) atoms. The number of nitrogens with two attached hydrogens (primary N) is 2. The fourth-order valence-electron chi connectivity index (χ4n) is 0.850. The van der Waals surface area contributed by atoms with Crippen molar-refractivity contribution in [2.75, 3.05) is 0 Å². The highest BCUT2D eigenvalue weighted by molar-refractivity contribution is 5.95. The highest BCUT2D eigenvalue weighted by Gasteiger charge is 2.29. The van der Waals surface area contributed by atoms with Crippen molar-refractivity contribution in [1.82, 2.24) is 5.32 Å². The van der Waals surface area contributed by atoms with Gasteiger partial charge in [0, 0.05) is 0 Å². The molecule has 1 rings (SSSR count). The second-order valence-electron chi connectivity index (χ2n) is 2.37. The minimum absolute atomic E-state index is 0.0602. The molecule has 0 aromatic heterocycles. The van der Waals surface area contributed by atoms with E-state index >= 15 is 0 Å². The van der Waals surface area contributed by atoms with Crippen molar-refractivity contribution in [2.45, 2.75) is 13.0 Å². The lowest BCUT2D eigenvalue weighted by molar-refractivity contribution is -0.139. The predicted molar refractivity (Wildman–Crippen MR) is 39.5 cm³/mol. The smallest absolute Gasteiger partial charge is 0.357 e. The first-order valence-corrected chi connectivity index (χ1v) is 3.29. The fraction of sp³-hybridized carbons (Fsp3) is 0.333. The lowest BCUT2D eigenvalue weighted by Crippen LogP contribution is -2.32. The van der Waals surface area contributed by atoms with Gasteiger partial charge in [0.05, 0.1) is 5.70 Å². The van der Waals surface area contributed by atoms with Gasteiger partial charge in [-0.3, -0.25) is 0 Å². The zero-order chi connectivity index (χ0) is 9.30. The van der Waals surface area contributed by atoms with Crippen molar-refractivity contribution >= 4 is 12.0 Å². The molecule has 0 aromatic rings. The maximum absolute atomic E-state index is 10.9. The molecule has 0 fully saturated rings. The molecule has 1 heterocycles. The number of carbonyl (C=O) groups excluding carboxylic acids is 2. The van der Waals surface area contributed by atoms with Crippen LogP contribution >= 0.6 is 0 Å². The van der Waals surface area contributed by atoms with Gasteiger partial charge in [0.15, 0.2) is 5.70 Å². The second-order valence-corrected chi connectivity index (χ2v) is 2.37. The average Bonchev–Trinajstić information content (AvgIpc) is 2.16. The number of amides is 2. The first-order chi connectivity index (χ1) is 5.52. The Morgan fingerprint density at radius 2 is 2.25 bits per heavy atom. The molecule has 1 atom stereocenters. The molecule has 0 saturated heterocycles. The van der Waals surface area contributed by atoms with Gasteiger partial charge >= 0.3 is 12.0 Å². The topological polar surface area (TPSA) is 107 Å². The van der Waals surface area contributed by atoms with E-state index in [-0.39, 0.29) is 11.4 Å². The summed E-state index contributed by atoms with van der Waals surface area (Å²) in [4.78, 5) is 21.3. The van der Waals surface area contributed by atoms with Gasteiger partial charge in [-0.25, -0.2) is 9.59 Å². The van der Waals surface area contributed by atoms with Gasteiger partial charge in [0.1, 0.15) is 6.10 Å². The summed E-state index contributed by atoms with van der Waals surface area (Å²) in [6.07, 6.45) is -0.501. The number of cyclic esters (lactones) is 1. The molecule has 1 unspecified atom stereocenters. The Morgan fingerprint density at radius 3 is 2.58 bits per heavy atom. The molecule has 1 aliphatic heterocycles. The first-order valence-electron chi connectivity index (χ1n) is 3.29. The second kappa shape index (κ2) is 2.72. The van der Waals surface area contributed by atoms with Crippen LogP contribution in [0.4, 0.5) is 4.79 Å². The Hall–Kier alpha value is -1.72. The van der Waals surface area contributed by atoms with Crippen LogP contribution in [0.25, 0.3) is 0 Å². The van der Waals surface area contributed by atoms with Gasteiger partial charge in [0.25, 0.3) is 0 Å². The van der Waals surface area contributed by atoms with E-state index in [1.165, 1.54) is 0 Å². The molecule has 1 aliphatic rings. The summed E-state index contributed by atoms with van der Waals surface area (Å²) < 4.78 is 4.68. The number of hydrogen-bond acceptors (Lipinski definition) is 4. The molecule has 6 nitrogen and oxygen atoms in total. The number of esters is 1. The number of urea groups is 1. The van der Waals surface area contributed by atoms with Gasteiger partial charge in [-0.05, 0) is 6.92 Å². The van der Waals surface area contributed by atoms with Crippen LogP contribution in [0.5, 0.6) is 0 Å². The molecule has 0 aromatic carbocycles. The van der Waals surface area contributed by atoms with Gasteiger partial charge in [-0.15, -0.1) is 0 Å². The summed E-state index contributed by atoms with van der Waals surface area (Å²) in [7, 11) is 0. The largest absolute Gasteiger partial charge is 0.451 e. The van der Waals surface area contributed by atoms with E-state index in [9.17, 15) is 9.59 Å². The minimum Gasteiger partial charge on any atom is -0.451 e. The molecule has 0 radical (unpaired) electrons. The number of hydrogen-bond donors (Lipinski definition) is 3. The van der Waals surface area contributed by atoms with Crippen LogP contribution in [-0.2, 0) is 9.53 Å². The van der Waals surface area contributed by atoms with Crippen molar-refractivity contribution < 1.29 is 14.3 Å². The molecule has 0 spiro atoms. The Kier molecular flexibility index (Phi) is 1.90.